The monoisotopic (exact) mass is 304 g/mol. The van der Waals surface area contributed by atoms with Gasteiger partial charge in [-0.2, -0.15) is 0 Å². The maximum Gasteiger partial charge on any atom is 0.192 e. The van der Waals surface area contributed by atoms with E-state index in [-0.39, 0.29) is 15.8 Å². The maximum absolute atomic E-state index is 12.0. The number of aromatic nitrogens is 1. The molecule has 7 heteroatoms. The van der Waals surface area contributed by atoms with Crippen LogP contribution in [0.15, 0.2) is 23.4 Å². The predicted molar refractivity (Wildman–Crippen MR) is 76.8 cm³/mol. The molecule has 5 nitrogen and oxygen atoms in total. The predicted octanol–water partition coefficient (Wildman–Crippen LogP) is 1.60. The molecule has 0 aliphatic carbocycles. The van der Waals surface area contributed by atoms with Crippen LogP contribution in [0.5, 0.6) is 0 Å². The van der Waals surface area contributed by atoms with Gasteiger partial charge in [0.1, 0.15) is 0 Å². The highest BCUT2D eigenvalue weighted by atomic mass is 32.2. The highest BCUT2D eigenvalue weighted by molar-refractivity contribution is 7.90. The lowest BCUT2D eigenvalue weighted by molar-refractivity contribution is 0.597. The summed E-state index contributed by atoms with van der Waals surface area (Å²) in [5.74, 6) is 0. The lowest BCUT2D eigenvalue weighted by atomic mass is 10.1. The second kappa shape index (κ2) is 5.68. The van der Waals surface area contributed by atoms with Crippen molar-refractivity contribution in [1.82, 2.24) is 9.71 Å². The molecule has 19 heavy (non-hydrogen) atoms. The second-order valence-corrected chi connectivity index (χ2v) is 9.38. The molecule has 1 rings (SSSR count). The third-order valence-electron chi connectivity index (χ3n) is 2.48. The fourth-order valence-electron chi connectivity index (χ4n) is 1.30. The summed E-state index contributed by atoms with van der Waals surface area (Å²) >= 11 is 0. The van der Waals surface area contributed by atoms with E-state index in [2.05, 4.69) is 9.71 Å². The fourth-order valence-corrected chi connectivity index (χ4v) is 2.72. The molecule has 0 spiro atoms. The van der Waals surface area contributed by atoms with Gasteiger partial charge in [-0.05, 0) is 45.4 Å². The van der Waals surface area contributed by atoms with E-state index in [4.69, 9.17) is 0 Å². The van der Waals surface area contributed by atoms with Crippen molar-refractivity contribution in [3.8, 4) is 0 Å². The van der Waals surface area contributed by atoms with Gasteiger partial charge in [-0.15, -0.1) is 0 Å². The van der Waals surface area contributed by atoms with Gasteiger partial charge in [0, 0.05) is 18.5 Å². The molecule has 2 atom stereocenters. The zero-order valence-corrected chi connectivity index (χ0v) is 13.4. The average Bonchev–Trinajstić information content (AvgIpc) is 2.26. The molecule has 1 aromatic rings. The summed E-state index contributed by atoms with van der Waals surface area (Å²) < 4.78 is 37.5. The molecule has 0 saturated heterocycles. The Morgan fingerprint density at radius 3 is 2.42 bits per heavy atom. The Balaban J connectivity index is 2.96. The fraction of sp³-hybridized carbons (Fsp3) is 0.583. The maximum atomic E-state index is 12.0. The summed E-state index contributed by atoms with van der Waals surface area (Å²) in [4.78, 5) is 3.83. The van der Waals surface area contributed by atoms with Crippen molar-refractivity contribution in [2.24, 2.45) is 0 Å². The van der Waals surface area contributed by atoms with Gasteiger partial charge in [-0.1, -0.05) is 0 Å². The molecule has 0 saturated carbocycles. The number of rotatable bonds is 4. The smallest absolute Gasteiger partial charge is 0.192 e. The number of sulfone groups is 1. The molecule has 108 valence electrons. The highest BCUT2D eigenvalue weighted by Crippen LogP contribution is 2.18. The van der Waals surface area contributed by atoms with Crippen LogP contribution in [0.3, 0.4) is 0 Å². The van der Waals surface area contributed by atoms with Crippen LogP contribution in [0.4, 0.5) is 0 Å². The molecule has 1 aromatic heterocycles. The zero-order valence-electron chi connectivity index (χ0n) is 11.8. The van der Waals surface area contributed by atoms with Gasteiger partial charge in [-0.3, -0.25) is 0 Å². The minimum absolute atomic E-state index is 0.0280. The Morgan fingerprint density at radius 1 is 1.37 bits per heavy atom. The number of hydrogen-bond acceptors (Lipinski definition) is 4. The van der Waals surface area contributed by atoms with Gasteiger partial charge < -0.3 is 0 Å². The van der Waals surface area contributed by atoms with Crippen LogP contribution in [0.1, 0.15) is 39.3 Å². The van der Waals surface area contributed by atoms with Crippen molar-refractivity contribution in [3.05, 3.63) is 23.9 Å². The molecule has 1 heterocycles. The Kier molecular flexibility index (Phi) is 4.86. The largest absolute Gasteiger partial charge is 0.245 e. The van der Waals surface area contributed by atoms with Gasteiger partial charge >= 0.3 is 0 Å². The van der Waals surface area contributed by atoms with Crippen LogP contribution in [-0.2, 0) is 20.8 Å². The van der Waals surface area contributed by atoms with E-state index >= 15 is 0 Å². The Bertz CT molecular complexity index is 577. The van der Waals surface area contributed by atoms with Crippen molar-refractivity contribution in [3.63, 3.8) is 0 Å². The van der Waals surface area contributed by atoms with Gasteiger partial charge in [0.25, 0.3) is 0 Å². The number of nitrogens with zero attached hydrogens (tertiary/aromatic N) is 1. The zero-order chi connectivity index (χ0) is 14.8. The first-order chi connectivity index (χ1) is 8.51. The van der Waals surface area contributed by atoms with Crippen molar-refractivity contribution < 1.29 is 12.6 Å². The minimum Gasteiger partial charge on any atom is -0.245 e. The summed E-state index contributed by atoms with van der Waals surface area (Å²) in [6.45, 7) is 7.46. The molecule has 1 N–H and O–H groups in total. The Hall–Kier alpha value is -0.790. The highest BCUT2D eigenvalue weighted by Gasteiger charge is 2.22. The van der Waals surface area contributed by atoms with E-state index in [9.17, 15) is 12.6 Å². The number of pyridine rings is 1. The quantitative estimate of drug-likeness (QED) is 0.916. The molecule has 0 amide bonds. The molecule has 0 fully saturated rings. The van der Waals surface area contributed by atoms with Crippen molar-refractivity contribution in [2.45, 2.75) is 43.5 Å². The van der Waals surface area contributed by atoms with Crippen LogP contribution in [0, 0.1) is 0 Å². The summed E-state index contributed by atoms with van der Waals surface area (Å²) in [7, 11) is -4.55. The van der Waals surface area contributed by atoms with Gasteiger partial charge in [-0.25, -0.2) is 22.3 Å². The summed E-state index contributed by atoms with van der Waals surface area (Å²) in [5, 5.41) is 0.0280. The van der Waals surface area contributed by atoms with Crippen LogP contribution >= 0.6 is 0 Å². The molecule has 0 aromatic carbocycles. The molecule has 2 unspecified atom stereocenters. The van der Waals surface area contributed by atoms with Crippen LogP contribution < -0.4 is 4.72 Å². The third kappa shape index (κ3) is 4.67. The lowest BCUT2D eigenvalue weighted by Gasteiger charge is -2.22. The lowest BCUT2D eigenvalue weighted by Crippen LogP contribution is -2.34. The van der Waals surface area contributed by atoms with Crippen molar-refractivity contribution >= 4 is 20.8 Å². The standard InChI is InChI=1S/C12H20N2O3S2/c1-9(14-18(15)12(2,3)4)10-6-7-13-11(8-10)19(5,16)17/h6-9,14H,1-5H3. The first kappa shape index (κ1) is 16.3. The number of nitrogens with one attached hydrogen (secondary N) is 1. The first-order valence-electron chi connectivity index (χ1n) is 5.86. The third-order valence-corrected chi connectivity index (χ3v) is 5.14. The van der Waals surface area contributed by atoms with Crippen molar-refractivity contribution in [2.75, 3.05) is 6.26 Å². The van der Waals surface area contributed by atoms with Gasteiger partial charge in [0.15, 0.2) is 14.9 Å². The van der Waals surface area contributed by atoms with Gasteiger partial charge in [0.05, 0.1) is 15.7 Å². The molecule has 0 radical (unpaired) electrons. The van der Waals surface area contributed by atoms with E-state index < -0.39 is 20.8 Å². The molecule has 0 aliphatic rings. The number of hydrogen-bond donors (Lipinski definition) is 1. The van der Waals surface area contributed by atoms with E-state index in [0.717, 1.165) is 11.8 Å². The Labute approximate surface area is 117 Å². The van der Waals surface area contributed by atoms with Crippen LogP contribution in [0.2, 0.25) is 0 Å². The van der Waals surface area contributed by atoms with Crippen LogP contribution in [-0.4, -0.2) is 28.6 Å². The van der Waals surface area contributed by atoms with E-state index in [1.54, 1.807) is 6.07 Å². The normalized spacial score (nSPS) is 16.1. The summed E-state index contributed by atoms with van der Waals surface area (Å²) in [5.41, 5.74) is 0.744. The van der Waals surface area contributed by atoms with Crippen LogP contribution in [0.25, 0.3) is 0 Å². The summed E-state index contributed by atoms with van der Waals surface area (Å²) in [6, 6.07) is 3.00. The Morgan fingerprint density at radius 2 is 1.95 bits per heavy atom. The molecule has 0 bridgehead atoms. The second-order valence-electron chi connectivity index (χ2n) is 5.42. The SMILES string of the molecule is CC(NS(=O)C(C)(C)C)c1ccnc(S(C)(=O)=O)c1. The van der Waals surface area contributed by atoms with E-state index in [1.165, 1.54) is 12.3 Å². The minimum atomic E-state index is -3.33. The first-order valence-corrected chi connectivity index (χ1v) is 8.90. The van der Waals surface area contributed by atoms with E-state index in [0.29, 0.717) is 0 Å². The molecule has 0 aliphatic heterocycles. The average molecular weight is 304 g/mol. The summed E-state index contributed by atoms with van der Waals surface area (Å²) in [6.07, 6.45) is 2.56. The molecular weight excluding hydrogens is 284 g/mol. The van der Waals surface area contributed by atoms with E-state index in [1.807, 2.05) is 27.7 Å². The van der Waals surface area contributed by atoms with Gasteiger partial charge in [0.2, 0.25) is 0 Å². The topological polar surface area (TPSA) is 76.1 Å². The van der Waals surface area contributed by atoms with Crippen molar-refractivity contribution in [1.29, 1.82) is 0 Å². The molecular formula is C12H20N2O3S2.